The smallest absolute Gasteiger partial charge is 0.320 e. The molecule has 1 N–H and O–H groups in total. The third-order valence-electron chi connectivity index (χ3n) is 2.59. The number of esters is 1. The van der Waals surface area contributed by atoms with Crippen molar-refractivity contribution in [3.63, 3.8) is 0 Å². The van der Waals surface area contributed by atoms with Gasteiger partial charge in [0.25, 0.3) is 0 Å². The van der Waals surface area contributed by atoms with Gasteiger partial charge in [0.2, 0.25) is 5.91 Å². The molecule has 0 aliphatic rings. The first-order valence-corrected chi connectivity index (χ1v) is 7.38. The highest BCUT2D eigenvalue weighted by Gasteiger charge is 2.13. The molecule has 0 radical (unpaired) electrons. The van der Waals surface area contributed by atoms with Gasteiger partial charge in [-0.15, -0.1) is 11.3 Å². The van der Waals surface area contributed by atoms with Crippen molar-refractivity contribution in [1.82, 2.24) is 9.88 Å². The van der Waals surface area contributed by atoms with E-state index in [2.05, 4.69) is 10.3 Å². The van der Waals surface area contributed by atoms with Crippen LogP contribution in [0.25, 0.3) is 0 Å². The summed E-state index contributed by atoms with van der Waals surface area (Å²) in [5.41, 5.74) is 1.00. The van der Waals surface area contributed by atoms with Gasteiger partial charge in [-0.2, -0.15) is 0 Å². The molecule has 1 amide bonds. The van der Waals surface area contributed by atoms with Crippen molar-refractivity contribution in [3.05, 3.63) is 10.6 Å². The lowest BCUT2D eigenvalue weighted by atomic mass is 10.3. The summed E-state index contributed by atoms with van der Waals surface area (Å²) in [7, 11) is 1.70. The van der Waals surface area contributed by atoms with Crippen LogP contribution in [-0.4, -0.2) is 48.5 Å². The second kappa shape index (κ2) is 7.96. The number of aromatic nitrogens is 1. The zero-order chi connectivity index (χ0) is 15.1. The Hall–Kier alpha value is -1.47. The fraction of sp³-hybridized carbons (Fsp3) is 0.615. The Morgan fingerprint density at radius 1 is 1.35 bits per heavy atom. The van der Waals surface area contributed by atoms with Crippen molar-refractivity contribution < 1.29 is 14.3 Å². The first-order chi connectivity index (χ1) is 9.46. The number of nitrogens with one attached hydrogen (secondary N) is 1. The first kappa shape index (κ1) is 16.6. The van der Waals surface area contributed by atoms with Crippen LogP contribution in [0.15, 0.2) is 0 Å². The van der Waals surface area contributed by atoms with Crippen LogP contribution in [0.1, 0.15) is 24.4 Å². The van der Waals surface area contributed by atoms with Gasteiger partial charge >= 0.3 is 5.97 Å². The molecule has 0 spiro atoms. The summed E-state index contributed by atoms with van der Waals surface area (Å²) < 4.78 is 4.82. The summed E-state index contributed by atoms with van der Waals surface area (Å²) in [5.74, 6) is -0.519. The molecule has 6 nitrogen and oxygen atoms in total. The number of thiazole rings is 1. The minimum atomic E-state index is -0.332. The summed E-state index contributed by atoms with van der Waals surface area (Å²) in [5, 5.41) is 3.35. The molecule has 1 rings (SSSR count). The van der Waals surface area contributed by atoms with Crippen LogP contribution in [0.4, 0.5) is 5.13 Å². The number of rotatable bonds is 7. The second-order valence-corrected chi connectivity index (χ2v) is 5.60. The Labute approximate surface area is 123 Å². The largest absolute Gasteiger partial charge is 0.465 e. The zero-order valence-corrected chi connectivity index (χ0v) is 13.2. The maximum Gasteiger partial charge on any atom is 0.320 e. The van der Waals surface area contributed by atoms with Gasteiger partial charge in [0.1, 0.15) is 0 Å². The van der Waals surface area contributed by atoms with Crippen molar-refractivity contribution in [2.75, 3.05) is 32.1 Å². The number of anilines is 1. The van der Waals surface area contributed by atoms with E-state index in [0.717, 1.165) is 17.0 Å². The van der Waals surface area contributed by atoms with E-state index < -0.39 is 0 Å². The first-order valence-electron chi connectivity index (χ1n) is 6.56. The fourth-order valence-electron chi connectivity index (χ4n) is 1.70. The van der Waals surface area contributed by atoms with Crippen LogP contribution in [-0.2, 0) is 20.7 Å². The van der Waals surface area contributed by atoms with E-state index in [0.29, 0.717) is 11.7 Å². The Balaban J connectivity index is 2.44. The third kappa shape index (κ3) is 5.26. The van der Waals surface area contributed by atoms with Crippen LogP contribution in [0, 0.1) is 6.92 Å². The van der Waals surface area contributed by atoms with E-state index in [-0.39, 0.29) is 25.0 Å². The number of hydrogen-bond acceptors (Lipinski definition) is 6. The normalized spacial score (nSPS) is 10.7. The van der Waals surface area contributed by atoms with Gasteiger partial charge in [0.05, 0.1) is 25.4 Å². The van der Waals surface area contributed by atoms with Gasteiger partial charge in [0, 0.05) is 4.88 Å². The highest BCUT2D eigenvalue weighted by atomic mass is 32.1. The van der Waals surface area contributed by atoms with Crippen LogP contribution < -0.4 is 5.32 Å². The minimum absolute atomic E-state index is 0.0956. The predicted molar refractivity (Wildman–Crippen MR) is 79.0 cm³/mol. The molecule has 112 valence electrons. The molecule has 0 saturated heterocycles. The average Bonchev–Trinajstić information content (AvgIpc) is 2.68. The highest BCUT2D eigenvalue weighted by molar-refractivity contribution is 7.15. The molecule has 0 aliphatic heterocycles. The van der Waals surface area contributed by atoms with E-state index >= 15 is 0 Å². The van der Waals surface area contributed by atoms with Gasteiger partial charge in [-0.3, -0.25) is 14.5 Å². The van der Waals surface area contributed by atoms with Crippen molar-refractivity contribution >= 4 is 28.3 Å². The molecule has 0 bridgehead atoms. The standard InChI is InChI=1S/C13H21N3O3S/c1-5-10-9(3)20-13(14-10)15-11(17)7-16(4)8-12(18)19-6-2/h5-8H2,1-4H3,(H,14,15,17). The molecule has 1 aromatic rings. The van der Waals surface area contributed by atoms with Crippen molar-refractivity contribution in [2.45, 2.75) is 27.2 Å². The molecule has 0 atom stereocenters. The summed E-state index contributed by atoms with van der Waals surface area (Å²) >= 11 is 1.46. The summed E-state index contributed by atoms with van der Waals surface area (Å²) in [6, 6.07) is 0. The maximum absolute atomic E-state index is 11.8. The van der Waals surface area contributed by atoms with Crippen molar-refractivity contribution in [3.8, 4) is 0 Å². The summed E-state index contributed by atoms with van der Waals surface area (Å²) in [6.07, 6.45) is 0.848. The molecule has 1 aromatic heterocycles. The summed E-state index contributed by atoms with van der Waals surface area (Å²) in [6.45, 7) is 6.33. The zero-order valence-electron chi connectivity index (χ0n) is 12.4. The lowest BCUT2D eigenvalue weighted by Gasteiger charge is -2.14. The lowest BCUT2D eigenvalue weighted by Crippen LogP contribution is -2.34. The molecule has 0 aromatic carbocycles. The van der Waals surface area contributed by atoms with Gasteiger partial charge in [-0.1, -0.05) is 6.92 Å². The number of ether oxygens (including phenoxy) is 1. The van der Waals surface area contributed by atoms with E-state index in [9.17, 15) is 9.59 Å². The van der Waals surface area contributed by atoms with Gasteiger partial charge in [-0.25, -0.2) is 4.98 Å². The number of carbonyl (C=O) groups is 2. The average molecular weight is 299 g/mol. The van der Waals surface area contributed by atoms with Crippen LogP contribution in [0.3, 0.4) is 0 Å². The fourth-order valence-corrected chi connectivity index (χ4v) is 2.61. The van der Waals surface area contributed by atoms with Gasteiger partial charge in [0.15, 0.2) is 5.13 Å². The molecule has 1 heterocycles. The number of hydrogen-bond donors (Lipinski definition) is 1. The molecule has 0 fully saturated rings. The SMILES string of the molecule is CCOC(=O)CN(C)CC(=O)Nc1nc(CC)c(C)s1. The molecule has 0 unspecified atom stereocenters. The van der Waals surface area contributed by atoms with Crippen molar-refractivity contribution in [1.29, 1.82) is 0 Å². The Morgan fingerprint density at radius 3 is 2.60 bits per heavy atom. The maximum atomic E-state index is 11.8. The lowest BCUT2D eigenvalue weighted by molar-refractivity contribution is -0.144. The van der Waals surface area contributed by atoms with Gasteiger partial charge < -0.3 is 10.1 Å². The number of amides is 1. The molecule has 20 heavy (non-hydrogen) atoms. The van der Waals surface area contributed by atoms with Crippen LogP contribution in [0.2, 0.25) is 0 Å². The second-order valence-electron chi connectivity index (χ2n) is 4.40. The Kier molecular flexibility index (Phi) is 6.60. The number of nitrogens with zero attached hydrogens (tertiary/aromatic N) is 2. The van der Waals surface area contributed by atoms with Gasteiger partial charge in [-0.05, 0) is 27.3 Å². The van der Waals surface area contributed by atoms with Crippen molar-refractivity contribution in [2.24, 2.45) is 0 Å². The predicted octanol–water partition coefficient (Wildman–Crippen LogP) is 1.45. The number of aryl methyl sites for hydroxylation is 2. The molecular formula is C13H21N3O3S. The Morgan fingerprint density at radius 2 is 2.05 bits per heavy atom. The highest BCUT2D eigenvalue weighted by Crippen LogP contribution is 2.22. The molecule has 0 aliphatic carbocycles. The van der Waals surface area contributed by atoms with E-state index in [1.165, 1.54) is 11.3 Å². The topological polar surface area (TPSA) is 71.5 Å². The van der Waals surface area contributed by atoms with Crippen LogP contribution in [0.5, 0.6) is 0 Å². The minimum Gasteiger partial charge on any atom is -0.465 e. The van der Waals surface area contributed by atoms with E-state index in [1.54, 1.807) is 18.9 Å². The number of carbonyl (C=O) groups excluding carboxylic acids is 2. The van der Waals surface area contributed by atoms with Crippen LogP contribution >= 0.6 is 11.3 Å². The monoisotopic (exact) mass is 299 g/mol. The van der Waals surface area contributed by atoms with E-state index in [1.807, 2.05) is 13.8 Å². The Bertz CT molecular complexity index is 473. The quantitative estimate of drug-likeness (QED) is 0.772. The molecule has 7 heteroatoms. The molecular weight excluding hydrogens is 278 g/mol. The summed E-state index contributed by atoms with van der Waals surface area (Å²) in [4.78, 5) is 30.2. The van der Waals surface area contributed by atoms with E-state index in [4.69, 9.17) is 4.74 Å². The number of likely N-dealkylation sites (N-methyl/N-ethyl adjacent to an activating group) is 1. The third-order valence-corrected chi connectivity index (χ3v) is 3.52. The molecule has 0 saturated carbocycles.